The summed E-state index contributed by atoms with van der Waals surface area (Å²) in [6, 6.07) is 3.70. The molecular formula is C12H16ClN3O. The van der Waals surface area contributed by atoms with Crippen LogP contribution < -0.4 is 4.90 Å². The number of anilines is 1. The molecule has 1 spiro atoms. The summed E-state index contributed by atoms with van der Waals surface area (Å²) in [5, 5.41) is 17.9. The second-order valence-corrected chi connectivity index (χ2v) is 5.69. The molecule has 0 bridgehead atoms. The summed E-state index contributed by atoms with van der Waals surface area (Å²) < 4.78 is 0. The molecule has 1 saturated heterocycles. The molecule has 5 heteroatoms. The molecule has 0 amide bonds. The second kappa shape index (κ2) is 4.10. The summed E-state index contributed by atoms with van der Waals surface area (Å²) in [4.78, 5) is 2.26. The summed E-state index contributed by atoms with van der Waals surface area (Å²) in [6.07, 6.45) is 4.17. The van der Waals surface area contributed by atoms with Gasteiger partial charge in [-0.25, -0.2) is 0 Å². The minimum absolute atomic E-state index is 0.0914. The summed E-state index contributed by atoms with van der Waals surface area (Å²) in [7, 11) is 0. The van der Waals surface area contributed by atoms with E-state index in [1.165, 1.54) is 6.42 Å². The van der Waals surface area contributed by atoms with Crippen molar-refractivity contribution in [3.8, 4) is 0 Å². The fourth-order valence-electron chi connectivity index (χ4n) is 3.15. The third-order valence-corrected chi connectivity index (χ3v) is 4.14. The lowest BCUT2D eigenvalue weighted by atomic mass is 9.62. The number of rotatable bonds is 1. The van der Waals surface area contributed by atoms with Crippen molar-refractivity contribution >= 4 is 17.4 Å². The Morgan fingerprint density at radius 2 is 2.18 bits per heavy atom. The fraction of sp³-hybridized carbons (Fsp3) is 0.667. The van der Waals surface area contributed by atoms with Gasteiger partial charge >= 0.3 is 0 Å². The van der Waals surface area contributed by atoms with Crippen LogP contribution in [0, 0.1) is 5.41 Å². The molecule has 0 radical (unpaired) electrons. The van der Waals surface area contributed by atoms with Crippen molar-refractivity contribution in [2.75, 3.05) is 18.0 Å². The van der Waals surface area contributed by atoms with Gasteiger partial charge in [0.25, 0.3) is 0 Å². The van der Waals surface area contributed by atoms with E-state index in [0.29, 0.717) is 10.6 Å². The van der Waals surface area contributed by atoms with Gasteiger partial charge in [0, 0.05) is 13.1 Å². The van der Waals surface area contributed by atoms with Gasteiger partial charge in [0.15, 0.2) is 11.0 Å². The number of hydrogen-bond donors (Lipinski definition) is 1. The molecule has 1 aliphatic heterocycles. The molecule has 1 aromatic heterocycles. The van der Waals surface area contributed by atoms with Gasteiger partial charge in [-0.1, -0.05) is 11.6 Å². The Bertz CT molecular complexity index is 397. The average Bonchev–Trinajstić information content (AvgIpc) is 2.28. The molecule has 4 nitrogen and oxygen atoms in total. The van der Waals surface area contributed by atoms with Crippen molar-refractivity contribution in [3.05, 3.63) is 17.3 Å². The van der Waals surface area contributed by atoms with Crippen molar-refractivity contribution in [1.29, 1.82) is 0 Å². The molecule has 0 unspecified atom stereocenters. The Kier molecular flexibility index (Phi) is 2.71. The van der Waals surface area contributed by atoms with E-state index in [1.807, 2.05) is 6.07 Å². The maximum absolute atomic E-state index is 9.49. The highest BCUT2D eigenvalue weighted by Crippen LogP contribution is 2.48. The predicted octanol–water partition coefficient (Wildman–Crippen LogP) is 1.87. The third-order valence-electron chi connectivity index (χ3n) is 3.94. The number of hydrogen-bond acceptors (Lipinski definition) is 4. The van der Waals surface area contributed by atoms with E-state index in [4.69, 9.17) is 11.6 Å². The SMILES string of the molecule is OC1CC2(CCCN(c3ccc(Cl)nn3)C2)C1. The summed E-state index contributed by atoms with van der Waals surface area (Å²) in [5.74, 6) is 0.898. The molecule has 17 heavy (non-hydrogen) atoms. The lowest BCUT2D eigenvalue weighted by molar-refractivity contribution is -0.0396. The van der Waals surface area contributed by atoms with E-state index in [9.17, 15) is 5.11 Å². The van der Waals surface area contributed by atoms with Crippen molar-refractivity contribution < 1.29 is 5.11 Å². The van der Waals surface area contributed by atoms with Crippen LogP contribution in [0.15, 0.2) is 12.1 Å². The van der Waals surface area contributed by atoms with E-state index in [-0.39, 0.29) is 6.10 Å². The number of halogens is 1. The maximum Gasteiger partial charge on any atom is 0.151 e. The zero-order valence-corrected chi connectivity index (χ0v) is 10.4. The van der Waals surface area contributed by atoms with Crippen LogP contribution in [0.4, 0.5) is 5.82 Å². The van der Waals surface area contributed by atoms with Crippen LogP contribution in [-0.2, 0) is 0 Å². The topological polar surface area (TPSA) is 49.2 Å². The second-order valence-electron chi connectivity index (χ2n) is 5.30. The lowest BCUT2D eigenvalue weighted by Gasteiger charge is -2.51. The van der Waals surface area contributed by atoms with E-state index in [1.54, 1.807) is 6.07 Å². The monoisotopic (exact) mass is 253 g/mol. The Morgan fingerprint density at radius 1 is 1.35 bits per heavy atom. The van der Waals surface area contributed by atoms with Gasteiger partial charge in [-0.05, 0) is 43.2 Å². The summed E-state index contributed by atoms with van der Waals surface area (Å²) >= 11 is 5.74. The Morgan fingerprint density at radius 3 is 2.82 bits per heavy atom. The molecule has 2 fully saturated rings. The zero-order chi connectivity index (χ0) is 11.9. The first-order valence-corrected chi connectivity index (χ1v) is 6.47. The largest absolute Gasteiger partial charge is 0.393 e. The molecule has 2 aliphatic rings. The number of aliphatic hydroxyl groups excluding tert-OH is 1. The van der Waals surface area contributed by atoms with Crippen LogP contribution in [0.1, 0.15) is 25.7 Å². The van der Waals surface area contributed by atoms with Crippen LogP contribution >= 0.6 is 11.6 Å². The Hall–Kier alpha value is -0.870. The minimum Gasteiger partial charge on any atom is -0.393 e. The number of aliphatic hydroxyl groups is 1. The molecular weight excluding hydrogens is 238 g/mol. The van der Waals surface area contributed by atoms with E-state index >= 15 is 0 Å². The molecule has 1 aliphatic carbocycles. The maximum atomic E-state index is 9.49. The van der Waals surface area contributed by atoms with Gasteiger partial charge in [0.1, 0.15) is 0 Å². The normalized spacial score (nSPS) is 32.6. The smallest absolute Gasteiger partial charge is 0.151 e. The van der Waals surface area contributed by atoms with E-state index < -0.39 is 0 Å². The van der Waals surface area contributed by atoms with Gasteiger partial charge in [-0.3, -0.25) is 0 Å². The van der Waals surface area contributed by atoms with Gasteiger partial charge < -0.3 is 10.0 Å². The van der Waals surface area contributed by atoms with Crippen molar-refractivity contribution in [2.45, 2.75) is 31.8 Å². The molecule has 0 aromatic carbocycles. The highest BCUT2D eigenvalue weighted by Gasteiger charge is 2.46. The number of nitrogens with zero attached hydrogens (tertiary/aromatic N) is 3. The quantitative estimate of drug-likeness (QED) is 0.830. The predicted molar refractivity (Wildman–Crippen MR) is 66.2 cm³/mol. The average molecular weight is 254 g/mol. The van der Waals surface area contributed by atoms with Gasteiger partial charge in [0.05, 0.1) is 6.10 Å². The van der Waals surface area contributed by atoms with Crippen LogP contribution in [0.2, 0.25) is 5.15 Å². The zero-order valence-electron chi connectivity index (χ0n) is 9.64. The van der Waals surface area contributed by atoms with Crippen LogP contribution in [0.3, 0.4) is 0 Å². The van der Waals surface area contributed by atoms with Crippen LogP contribution in [0.25, 0.3) is 0 Å². The highest BCUT2D eigenvalue weighted by atomic mass is 35.5. The molecule has 3 rings (SSSR count). The van der Waals surface area contributed by atoms with Crippen molar-refractivity contribution in [2.24, 2.45) is 5.41 Å². The summed E-state index contributed by atoms with van der Waals surface area (Å²) in [6.45, 7) is 2.01. The van der Waals surface area contributed by atoms with Crippen molar-refractivity contribution in [1.82, 2.24) is 10.2 Å². The third kappa shape index (κ3) is 2.11. The van der Waals surface area contributed by atoms with Gasteiger partial charge in [0.2, 0.25) is 0 Å². The molecule has 2 heterocycles. The molecule has 1 aromatic rings. The Balaban J connectivity index is 1.74. The molecule has 1 N–H and O–H groups in total. The Labute approximate surface area is 106 Å². The first-order chi connectivity index (χ1) is 8.17. The first-order valence-electron chi connectivity index (χ1n) is 6.09. The standard InChI is InChI=1S/C12H16ClN3O/c13-10-2-3-11(15-14-10)16-5-1-4-12(8-16)6-9(17)7-12/h2-3,9,17H,1,4-8H2. The van der Waals surface area contributed by atoms with Crippen molar-refractivity contribution in [3.63, 3.8) is 0 Å². The summed E-state index contributed by atoms with van der Waals surface area (Å²) in [5.41, 5.74) is 0.318. The number of aromatic nitrogens is 2. The van der Waals surface area contributed by atoms with Crippen LogP contribution in [0.5, 0.6) is 0 Å². The van der Waals surface area contributed by atoms with Gasteiger partial charge in [-0.15, -0.1) is 10.2 Å². The van der Waals surface area contributed by atoms with Gasteiger partial charge in [-0.2, -0.15) is 0 Å². The van der Waals surface area contributed by atoms with E-state index in [0.717, 1.165) is 38.2 Å². The molecule has 1 saturated carbocycles. The minimum atomic E-state index is -0.0914. The molecule has 0 atom stereocenters. The number of piperidine rings is 1. The highest BCUT2D eigenvalue weighted by molar-refractivity contribution is 6.29. The van der Waals surface area contributed by atoms with Crippen LogP contribution in [-0.4, -0.2) is 34.5 Å². The molecule has 92 valence electrons. The first kappa shape index (κ1) is 11.2. The van der Waals surface area contributed by atoms with E-state index in [2.05, 4.69) is 15.1 Å². The fourth-order valence-corrected chi connectivity index (χ4v) is 3.25. The lowest BCUT2D eigenvalue weighted by Crippen LogP contribution is -2.52.